The Balaban J connectivity index is 1.06. The Hall–Kier alpha value is -2.33. The van der Waals surface area contributed by atoms with Crippen molar-refractivity contribution in [3.8, 4) is 0 Å². The molecule has 47 nitrogen and oxygen atoms in total. The van der Waals surface area contributed by atoms with Crippen LogP contribution >= 0.6 is 0 Å². The molecule has 9 aliphatic rings. The number of rotatable bonds is 26. The second-order valence-electron chi connectivity index (χ2n) is 26.0. The van der Waals surface area contributed by atoms with Gasteiger partial charge >= 0.3 is 0 Å². The fraction of sp³-hybridized carbons (Fsp3) is 0.982. The molecule has 0 aliphatic carbocycles. The number of aliphatic hydroxyl groups is 28. The number of hydrogen-bond donors (Lipinski definition) is 29. The molecule has 45 atom stereocenters. The maximum Gasteiger partial charge on any atom is 0.217 e. The molecule has 600 valence electrons. The van der Waals surface area contributed by atoms with E-state index in [-0.39, 0.29) is 0 Å². The lowest BCUT2D eigenvalue weighted by Crippen LogP contribution is -2.69. The second-order valence-corrected chi connectivity index (χ2v) is 26.0. The number of carbonyl (C=O) groups excluding carboxylic acids is 1. The van der Waals surface area contributed by atoms with Crippen LogP contribution in [0.1, 0.15) is 6.92 Å². The van der Waals surface area contributed by atoms with Gasteiger partial charge in [-0.1, -0.05) is 0 Å². The minimum atomic E-state index is -2.51. The zero-order chi connectivity index (χ0) is 75.6. The number of carbonyl (C=O) groups is 1. The Morgan fingerprint density at radius 2 is 0.515 bits per heavy atom. The minimum absolute atomic E-state index is 0.849. The molecule has 0 bridgehead atoms. The highest BCUT2D eigenvalue weighted by Gasteiger charge is 2.60. The maximum absolute atomic E-state index is 12.4. The molecule has 9 heterocycles. The number of aliphatic hydroxyl groups excluding tert-OH is 28. The summed E-state index contributed by atoms with van der Waals surface area (Å²) in [7, 11) is 0. The van der Waals surface area contributed by atoms with Crippen molar-refractivity contribution in [2.24, 2.45) is 0 Å². The molecule has 0 aromatic carbocycles. The van der Waals surface area contributed by atoms with Gasteiger partial charge in [0, 0.05) is 6.92 Å². The quantitative estimate of drug-likeness (QED) is 0.0382. The molecule has 0 aromatic rings. The van der Waals surface area contributed by atoms with E-state index in [0.29, 0.717) is 0 Å². The molecule has 103 heavy (non-hydrogen) atoms. The van der Waals surface area contributed by atoms with Crippen molar-refractivity contribution in [1.29, 1.82) is 0 Å². The van der Waals surface area contributed by atoms with E-state index in [2.05, 4.69) is 5.32 Å². The third kappa shape index (κ3) is 18.0. The monoisotopic (exact) mass is 1520 g/mol. The normalized spacial score (nSPS) is 52.4. The zero-order valence-corrected chi connectivity index (χ0v) is 54.2. The zero-order valence-electron chi connectivity index (χ0n) is 54.2. The molecule has 9 fully saturated rings. The van der Waals surface area contributed by atoms with Crippen LogP contribution < -0.4 is 5.32 Å². The van der Waals surface area contributed by atoms with Crippen molar-refractivity contribution in [2.75, 3.05) is 59.5 Å². The first-order valence-electron chi connectivity index (χ1n) is 32.7. The highest BCUT2D eigenvalue weighted by atomic mass is 16.8. The van der Waals surface area contributed by atoms with Gasteiger partial charge in [0.15, 0.2) is 56.6 Å². The van der Waals surface area contributed by atoms with Crippen molar-refractivity contribution >= 4 is 5.91 Å². The summed E-state index contributed by atoms with van der Waals surface area (Å²) in [6.07, 6.45) is -93.5. The van der Waals surface area contributed by atoms with Crippen LogP contribution in [-0.2, 0) is 85.3 Å². The third-order valence-electron chi connectivity index (χ3n) is 19.1. The number of ether oxygens (including phenoxy) is 17. The van der Waals surface area contributed by atoms with Crippen LogP contribution in [0.4, 0.5) is 0 Å². The first-order valence-corrected chi connectivity index (χ1v) is 32.7. The number of nitrogens with one attached hydrogen (secondary N) is 1. The molecular formula is C56H95NO46. The lowest BCUT2D eigenvalue weighted by atomic mass is 9.95. The van der Waals surface area contributed by atoms with Gasteiger partial charge < -0.3 is 229 Å². The van der Waals surface area contributed by atoms with Crippen LogP contribution in [-0.4, -0.2) is 485 Å². The Labute approximate surface area is 581 Å². The van der Waals surface area contributed by atoms with Gasteiger partial charge in [-0.3, -0.25) is 4.79 Å². The molecular weight excluding hydrogens is 1420 g/mol. The van der Waals surface area contributed by atoms with Crippen LogP contribution in [0.5, 0.6) is 0 Å². The van der Waals surface area contributed by atoms with Crippen molar-refractivity contribution < 1.29 is 228 Å². The van der Waals surface area contributed by atoms with Crippen molar-refractivity contribution in [2.45, 2.75) is 283 Å². The van der Waals surface area contributed by atoms with E-state index in [1.807, 2.05) is 0 Å². The summed E-state index contributed by atoms with van der Waals surface area (Å²) >= 11 is 0. The molecule has 1 amide bonds. The highest BCUT2D eigenvalue weighted by Crippen LogP contribution is 2.39. The lowest BCUT2D eigenvalue weighted by Gasteiger charge is -2.50. The molecule has 0 aromatic heterocycles. The average Bonchev–Trinajstić information content (AvgIpc) is 0.776. The molecule has 0 spiro atoms. The average molecular weight is 1520 g/mol. The van der Waals surface area contributed by atoms with E-state index >= 15 is 0 Å². The molecule has 0 saturated carbocycles. The summed E-state index contributed by atoms with van der Waals surface area (Å²) in [5.41, 5.74) is 0. The van der Waals surface area contributed by atoms with Crippen LogP contribution in [0.25, 0.3) is 0 Å². The first-order chi connectivity index (χ1) is 48.8. The van der Waals surface area contributed by atoms with Gasteiger partial charge in [0.2, 0.25) is 5.91 Å². The molecule has 1 unspecified atom stereocenters. The summed E-state index contributed by atoms with van der Waals surface area (Å²) in [5, 5.41) is 308. The lowest BCUT2D eigenvalue weighted by molar-refractivity contribution is -0.400. The van der Waals surface area contributed by atoms with Crippen LogP contribution in [0.15, 0.2) is 0 Å². The van der Waals surface area contributed by atoms with E-state index in [9.17, 15) is 148 Å². The predicted octanol–water partition coefficient (Wildman–Crippen LogP) is -20.5. The standard InChI is InChI=1S/C56H95NO46/c1-11(65)57-21-30(74)42(18(8-64)89-48(21)86)98-53-41(85)44(100-56-47(36(80)27(71)17(7-63)95-56)103-52-39(83)33(77)24(68)14(4-60)92-52)29(73)20(97-53)9-87-49-40(84)43(99-55-46(35(79)26(70)16(6-62)94-55)102-51-38(82)32(76)23(67)13(3-59)91-51)28(72)19(96-49)10-88-54-45(34(78)25(69)15(5-61)93-54)101-50-37(81)31(75)22(66)12(2-58)90-50/h12-56,58-64,66-86H,2-10H2,1H3,(H,57,65)/t12-,13-,14-,15-,16-,17-,18-,19-,20-,21-,22-,23-,24-,25-,26-,27-,28-,29-,30-,31+,32+,33+,34+,35+,36+,37+,38+,39+,40+,41+,42-,43+,44+,45+,46+,47+,48-,49+,50-,51-,52?,53+,54+,55-,56-/m1/s1. The van der Waals surface area contributed by atoms with Gasteiger partial charge in [0.1, 0.15) is 220 Å². The summed E-state index contributed by atoms with van der Waals surface area (Å²) in [6.45, 7) is -8.82. The van der Waals surface area contributed by atoms with E-state index in [4.69, 9.17) is 80.5 Å². The SMILES string of the molecule is CC(=O)N[C@@H]1[C@@H](O)[C@H](O[C@@H]2O[C@H](CO[C@H]3O[C@H](CO[C@H]4O[C@H](CO)[C@@H](O)[C@H](O)[C@@H]4O[C@H]4O[C@H](CO)[C@@H](O)[C@H](O)[C@@H]4O)[C@@H](O)[C@H](O[C@H]4O[C@H](CO)[C@@H](O)[C@H](O)[C@@H]4O[C@H]4O[C@H](CO)[C@@H](O)[C@H](O)[C@@H]4O)[C@@H]3O)[C@@H](O)[C@H](O[C@H]3O[C@H](CO)[C@@H](O)[C@H](O)[C@@H]3OC3O[C@H](CO)[C@@H](O)[C@H](O)[C@@H]3O)[C@@H]2O)[C@@H](CO)O[C@H]1O. The van der Waals surface area contributed by atoms with Crippen LogP contribution in [0.2, 0.25) is 0 Å². The Bertz CT molecular complexity index is 2580. The number of amides is 1. The molecule has 9 saturated heterocycles. The third-order valence-corrected chi connectivity index (χ3v) is 19.1. The molecule has 47 heteroatoms. The molecule has 29 N–H and O–H groups in total. The van der Waals surface area contributed by atoms with Crippen molar-refractivity contribution in [3.63, 3.8) is 0 Å². The first kappa shape index (κ1) is 84.7. The van der Waals surface area contributed by atoms with Gasteiger partial charge in [0.25, 0.3) is 0 Å². The predicted molar refractivity (Wildman–Crippen MR) is 309 cm³/mol. The van der Waals surface area contributed by atoms with Gasteiger partial charge in [-0.2, -0.15) is 0 Å². The van der Waals surface area contributed by atoms with E-state index in [1.54, 1.807) is 0 Å². The van der Waals surface area contributed by atoms with Crippen molar-refractivity contribution in [1.82, 2.24) is 5.32 Å². The van der Waals surface area contributed by atoms with E-state index in [0.717, 1.165) is 6.92 Å². The summed E-state index contributed by atoms with van der Waals surface area (Å²) < 4.78 is 98.4. The largest absolute Gasteiger partial charge is 0.394 e. The molecule has 0 radical (unpaired) electrons. The molecule has 9 rings (SSSR count). The van der Waals surface area contributed by atoms with Gasteiger partial charge in [-0.05, 0) is 0 Å². The summed E-state index contributed by atoms with van der Waals surface area (Å²) in [4.78, 5) is 12.3. The maximum atomic E-state index is 12.4. The van der Waals surface area contributed by atoms with Crippen molar-refractivity contribution in [3.05, 3.63) is 0 Å². The summed E-state index contributed by atoms with van der Waals surface area (Å²) in [5.74, 6) is -0.849. The fourth-order valence-electron chi connectivity index (χ4n) is 13.1. The van der Waals surface area contributed by atoms with E-state index < -0.39 is 342 Å². The highest BCUT2D eigenvalue weighted by molar-refractivity contribution is 5.73. The smallest absolute Gasteiger partial charge is 0.217 e. The van der Waals surface area contributed by atoms with Gasteiger partial charge in [-0.15, -0.1) is 0 Å². The van der Waals surface area contributed by atoms with Crippen LogP contribution in [0, 0.1) is 0 Å². The summed E-state index contributed by atoms with van der Waals surface area (Å²) in [6, 6.07) is -1.76. The minimum Gasteiger partial charge on any atom is -0.394 e. The Morgan fingerprint density at radius 1 is 0.252 bits per heavy atom. The number of hydrogen-bond acceptors (Lipinski definition) is 46. The Morgan fingerprint density at radius 3 is 0.864 bits per heavy atom. The van der Waals surface area contributed by atoms with Crippen LogP contribution in [0.3, 0.4) is 0 Å². The van der Waals surface area contributed by atoms with E-state index in [1.165, 1.54) is 0 Å². The second kappa shape index (κ2) is 36.7. The fourth-order valence-corrected chi connectivity index (χ4v) is 13.1. The Kier molecular flexibility index (Phi) is 30.2. The topological polar surface area (TPSA) is 752 Å². The molecule has 9 aliphatic heterocycles. The van der Waals surface area contributed by atoms with Gasteiger partial charge in [-0.25, -0.2) is 0 Å². The van der Waals surface area contributed by atoms with Gasteiger partial charge in [0.05, 0.1) is 59.5 Å².